The zero-order valence-corrected chi connectivity index (χ0v) is 27.1. The van der Waals surface area contributed by atoms with Crippen LogP contribution in [0.5, 0.6) is 0 Å². The Kier molecular flexibility index (Phi) is 6.91. The average molecular weight is 625 g/mol. The largest absolute Gasteiger partial charge is 0.311 e. The first-order valence-electron chi connectivity index (χ1n) is 16.8. The van der Waals surface area contributed by atoms with E-state index in [-0.39, 0.29) is 6.71 Å². The van der Waals surface area contributed by atoms with Gasteiger partial charge in [0.2, 0.25) is 0 Å². The molecule has 0 aromatic heterocycles. The number of benzene rings is 7. The Morgan fingerprint density at radius 1 is 0.388 bits per heavy atom. The lowest BCUT2D eigenvalue weighted by atomic mass is 9.33. The standard InChI is InChI=1S/C46H33BN2/c1-3-32-18-22-34(23-19-32)36-26-28-40-44(30-36)48(38-12-7-5-8-13-38)42-16-11-17-43-46(42)47(40)41-29-27-37(35-24-20-33(4-2)21-25-35)31-45(41)49(43)39-14-9-6-10-15-39/h3-31H,1-2H2. The molecule has 0 atom stereocenters. The smallest absolute Gasteiger partial charge is 0.252 e. The van der Waals surface area contributed by atoms with Crippen molar-refractivity contribution in [2.75, 3.05) is 9.80 Å². The third-order valence-corrected chi connectivity index (χ3v) is 9.98. The third kappa shape index (κ3) is 4.74. The lowest BCUT2D eigenvalue weighted by molar-refractivity contribution is 1.25. The molecular formula is C46H33BN2. The van der Waals surface area contributed by atoms with E-state index in [0.29, 0.717) is 0 Å². The number of rotatable bonds is 6. The zero-order valence-electron chi connectivity index (χ0n) is 27.1. The third-order valence-electron chi connectivity index (χ3n) is 9.98. The molecule has 0 bridgehead atoms. The van der Waals surface area contributed by atoms with E-state index in [2.05, 4.69) is 187 Å². The molecule has 230 valence electrons. The second-order valence-electron chi connectivity index (χ2n) is 12.7. The summed E-state index contributed by atoms with van der Waals surface area (Å²) in [5, 5.41) is 0. The van der Waals surface area contributed by atoms with Gasteiger partial charge in [-0.15, -0.1) is 0 Å². The van der Waals surface area contributed by atoms with Crippen molar-refractivity contribution in [3.63, 3.8) is 0 Å². The molecule has 0 saturated heterocycles. The molecule has 0 amide bonds. The number of hydrogen-bond donors (Lipinski definition) is 0. The van der Waals surface area contributed by atoms with Crippen molar-refractivity contribution in [2.24, 2.45) is 0 Å². The summed E-state index contributed by atoms with van der Waals surface area (Å²) in [5.74, 6) is 0. The van der Waals surface area contributed by atoms with E-state index in [9.17, 15) is 0 Å². The summed E-state index contributed by atoms with van der Waals surface area (Å²) in [5.41, 5.74) is 18.0. The van der Waals surface area contributed by atoms with Gasteiger partial charge in [0, 0.05) is 34.1 Å². The minimum Gasteiger partial charge on any atom is -0.311 e. The highest BCUT2D eigenvalue weighted by Gasteiger charge is 2.43. The normalized spacial score (nSPS) is 12.5. The highest BCUT2D eigenvalue weighted by molar-refractivity contribution is 7.00. The maximum atomic E-state index is 3.95. The first kappa shape index (κ1) is 28.9. The number of nitrogens with zero attached hydrogens (tertiary/aromatic N) is 2. The second-order valence-corrected chi connectivity index (χ2v) is 12.7. The molecule has 2 aliphatic rings. The highest BCUT2D eigenvalue weighted by Crippen LogP contribution is 2.45. The van der Waals surface area contributed by atoms with Gasteiger partial charge in [-0.3, -0.25) is 0 Å². The number of anilines is 6. The van der Waals surface area contributed by atoms with Crippen molar-refractivity contribution in [1.29, 1.82) is 0 Å². The van der Waals surface area contributed by atoms with E-state index in [1.807, 2.05) is 12.2 Å². The lowest BCUT2D eigenvalue weighted by Gasteiger charge is -2.44. The monoisotopic (exact) mass is 624 g/mol. The van der Waals surface area contributed by atoms with E-state index in [1.165, 1.54) is 61.4 Å². The Morgan fingerprint density at radius 3 is 1.20 bits per heavy atom. The average Bonchev–Trinajstić information content (AvgIpc) is 3.18. The molecule has 0 radical (unpaired) electrons. The molecule has 2 heterocycles. The van der Waals surface area contributed by atoms with Crippen LogP contribution in [0.25, 0.3) is 34.4 Å². The van der Waals surface area contributed by atoms with Crippen LogP contribution in [0.3, 0.4) is 0 Å². The van der Waals surface area contributed by atoms with Crippen molar-refractivity contribution in [2.45, 2.75) is 0 Å². The van der Waals surface area contributed by atoms with Crippen molar-refractivity contribution in [3.05, 3.63) is 188 Å². The van der Waals surface area contributed by atoms with E-state index in [0.717, 1.165) is 22.5 Å². The first-order chi connectivity index (χ1) is 24.2. The predicted octanol–water partition coefficient (Wildman–Crippen LogP) is 10.4. The van der Waals surface area contributed by atoms with Crippen molar-refractivity contribution >= 4 is 69.4 Å². The Labute approximate surface area is 288 Å². The molecule has 7 aromatic rings. The highest BCUT2D eigenvalue weighted by atomic mass is 15.2. The predicted molar refractivity (Wildman–Crippen MR) is 212 cm³/mol. The summed E-state index contributed by atoms with van der Waals surface area (Å²) in [6.45, 7) is 7.95. The van der Waals surface area contributed by atoms with Gasteiger partial charge in [0.05, 0.1) is 0 Å². The zero-order chi connectivity index (χ0) is 32.9. The molecule has 2 aliphatic heterocycles. The molecule has 3 heteroatoms. The van der Waals surface area contributed by atoms with Gasteiger partial charge in [-0.25, -0.2) is 0 Å². The quantitative estimate of drug-likeness (QED) is 0.170. The van der Waals surface area contributed by atoms with Crippen LogP contribution >= 0.6 is 0 Å². The molecule has 7 aromatic carbocycles. The fourth-order valence-corrected chi connectivity index (χ4v) is 7.62. The van der Waals surface area contributed by atoms with Gasteiger partial charge in [-0.1, -0.05) is 141 Å². The van der Waals surface area contributed by atoms with Crippen molar-refractivity contribution in [3.8, 4) is 22.3 Å². The maximum Gasteiger partial charge on any atom is 0.252 e. The minimum atomic E-state index is 0.0607. The molecule has 0 saturated carbocycles. The summed E-state index contributed by atoms with van der Waals surface area (Å²) in [6, 6.07) is 59.7. The maximum absolute atomic E-state index is 3.95. The summed E-state index contributed by atoms with van der Waals surface area (Å²) < 4.78 is 0. The Bertz CT molecular complexity index is 2200. The molecular weight excluding hydrogens is 591 g/mol. The molecule has 0 fully saturated rings. The summed E-state index contributed by atoms with van der Waals surface area (Å²) >= 11 is 0. The van der Waals surface area contributed by atoms with Crippen LogP contribution in [0.4, 0.5) is 34.1 Å². The van der Waals surface area contributed by atoms with Gasteiger partial charge in [0.1, 0.15) is 0 Å². The molecule has 0 unspecified atom stereocenters. The van der Waals surface area contributed by atoms with Crippen LogP contribution in [-0.2, 0) is 0 Å². The van der Waals surface area contributed by atoms with Gasteiger partial charge in [0.25, 0.3) is 6.71 Å². The van der Waals surface area contributed by atoms with Gasteiger partial charge < -0.3 is 9.80 Å². The molecule has 0 aliphatic carbocycles. The van der Waals surface area contributed by atoms with Gasteiger partial charge in [-0.2, -0.15) is 0 Å². The minimum absolute atomic E-state index is 0.0607. The number of hydrogen-bond acceptors (Lipinski definition) is 2. The Balaban J connectivity index is 1.30. The molecule has 9 rings (SSSR count). The number of fused-ring (bicyclic) bond motifs is 4. The van der Waals surface area contributed by atoms with Gasteiger partial charge in [0.15, 0.2) is 0 Å². The van der Waals surface area contributed by atoms with E-state index >= 15 is 0 Å². The van der Waals surface area contributed by atoms with Crippen LogP contribution in [0, 0.1) is 0 Å². The van der Waals surface area contributed by atoms with E-state index in [4.69, 9.17) is 0 Å². The van der Waals surface area contributed by atoms with Crippen LogP contribution in [0.15, 0.2) is 177 Å². The van der Waals surface area contributed by atoms with Gasteiger partial charge in [-0.05, 0) is 98.3 Å². The molecule has 0 N–H and O–H groups in total. The molecule has 49 heavy (non-hydrogen) atoms. The molecule has 0 spiro atoms. The lowest BCUT2D eigenvalue weighted by Crippen LogP contribution is -2.61. The fourth-order valence-electron chi connectivity index (χ4n) is 7.62. The van der Waals surface area contributed by atoms with E-state index < -0.39 is 0 Å². The van der Waals surface area contributed by atoms with Crippen molar-refractivity contribution in [1.82, 2.24) is 0 Å². The van der Waals surface area contributed by atoms with Crippen LogP contribution < -0.4 is 26.2 Å². The van der Waals surface area contributed by atoms with Crippen LogP contribution in [-0.4, -0.2) is 6.71 Å². The van der Waals surface area contributed by atoms with E-state index in [1.54, 1.807) is 0 Å². The first-order valence-corrected chi connectivity index (χ1v) is 16.8. The summed E-state index contributed by atoms with van der Waals surface area (Å²) in [6.07, 6.45) is 3.78. The Morgan fingerprint density at radius 2 is 0.796 bits per heavy atom. The summed E-state index contributed by atoms with van der Waals surface area (Å²) in [7, 11) is 0. The topological polar surface area (TPSA) is 6.48 Å². The fraction of sp³-hybridized carbons (Fsp3) is 0. The van der Waals surface area contributed by atoms with Crippen LogP contribution in [0.2, 0.25) is 0 Å². The second kappa shape index (κ2) is 11.7. The SMILES string of the molecule is C=Cc1ccc(-c2ccc3c(c2)N(c2ccccc2)c2cccc4c2B3c2ccc(-c3ccc(C=C)cc3)cc2N4c2ccccc2)cc1. The molecule has 2 nitrogen and oxygen atoms in total. The van der Waals surface area contributed by atoms with Crippen LogP contribution in [0.1, 0.15) is 11.1 Å². The Hall–Kier alpha value is -6.32. The van der Waals surface area contributed by atoms with Gasteiger partial charge >= 0.3 is 0 Å². The summed E-state index contributed by atoms with van der Waals surface area (Å²) in [4.78, 5) is 4.91. The van der Waals surface area contributed by atoms with Crippen molar-refractivity contribution < 1.29 is 0 Å². The number of para-hydroxylation sites is 2.